The Morgan fingerprint density at radius 3 is 2.05 bits per heavy atom. The third kappa shape index (κ3) is 6.83. The molecule has 0 spiro atoms. The van der Waals surface area contributed by atoms with Gasteiger partial charge in [-0.3, -0.25) is 14.4 Å². The predicted molar refractivity (Wildman–Crippen MR) is 64.7 cm³/mol. The molecule has 0 aliphatic rings. The van der Waals surface area contributed by atoms with Gasteiger partial charge in [-0.25, -0.2) is 4.79 Å². The Kier molecular flexibility index (Phi) is 7.45. The van der Waals surface area contributed by atoms with Crippen LogP contribution in [-0.2, 0) is 23.9 Å². The first-order valence-electron chi connectivity index (χ1n) is 6.12. The average molecular weight is 290 g/mol. The highest BCUT2D eigenvalue weighted by molar-refractivity contribution is 5.92. The number of carboxylic acids is 2. The molecule has 20 heavy (non-hydrogen) atoms. The van der Waals surface area contributed by atoms with Gasteiger partial charge in [0, 0.05) is 6.42 Å². The van der Waals surface area contributed by atoms with Crippen molar-refractivity contribution in [2.75, 3.05) is 0 Å². The molecule has 0 bridgehead atoms. The van der Waals surface area contributed by atoms with Gasteiger partial charge in [0.05, 0.1) is 12.8 Å². The highest BCUT2D eigenvalue weighted by Gasteiger charge is 2.41. The molecule has 0 aromatic heterocycles. The topological polar surface area (TPSA) is 138 Å². The van der Waals surface area contributed by atoms with Crippen molar-refractivity contribution in [1.82, 2.24) is 0 Å². The van der Waals surface area contributed by atoms with E-state index in [-0.39, 0.29) is 6.42 Å². The normalized spacial score (nSPS) is 13.3. The number of ether oxygens (including phenoxy) is 1. The molecule has 0 saturated carbocycles. The number of hydrogen-bond acceptors (Lipinski definition) is 6. The lowest BCUT2D eigenvalue weighted by molar-refractivity contribution is -0.174. The van der Waals surface area contributed by atoms with Crippen molar-refractivity contribution in [1.29, 1.82) is 0 Å². The van der Waals surface area contributed by atoms with Crippen molar-refractivity contribution in [2.45, 2.75) is 51.0 Å². The van der Waals surface area contributed by atoms with Gasteiger partial charge in [0.25, 0.3) is 0 Å². The average Bonchev–Trinajstić information content (AvgIpc) is 2.27. The van der Waals surface area contributed by atoms with Gasteiger partial charge in [-0.05, 0) is 6.42 Å². The number of unbranched alkanes of at least 4 members (excludes halogenated alkanes) is 2. The third-order valence-corrected chi connectivity index (χ3v) is 2.49. The van der Waals surface area contributed by atoms with E-state index in [1.54, 1.807) is 0 Å². The molecule has 0 heterocycles. The van der Waals surface area contributed by atoms with Gasteiger partial charge in [-0.15, -0.1) is 0 Å². The van der Waals surface area contributed by atoms with Crippen molar-refractivity contribution in [3.8, 4) is 0 Å². The fraction of sp³-hybridized carbons (Fsp3) is 0.667. The molecule has 0 aromatic rings. The van der Waals surface area contributed by atoms with Crippen LogP contribution < -0.4 is 0 Å². The Morgan fingerprint density at radius 2 is 1.60 bits per heavy atom. The number of carbonyl (C=O) groups is 4. The summed E-state index contributed by atoms with van der Waals surface area (Å²) in [6.45, 7) is 1.93. The molecule has 8 heteroatoms. The van der Waals surface area contributed by atoms with E-state index in [1.807, 2.05) is 6.92 Å². The molecule has 3 N–H and O–H groups in total. The number of carbonyl (C=O) groups excluding carboxylic acids is 2. The first-order chi connectivity index (χ1) is 9.21. The fourth-order valence-electron chi connectivity index (χ4n) is 1.44. The van der Waals surface area contributed by atoms with E-state index >= 15 is 0 Å². The van der Waals surface area contributed by atoms with Crippen molar-refractivity contribution in [2.24, 2.45) is 0 Å². The van der Waals surface area contributed by atoms with E-state index in [2.05, 4.69) is 4.74 Å². The van der Waals surface area contributed by atoms with Gasteiger partial charge in [0.2, 0.25) is 0 Å². The summed E-state index contributed by atoms with van der Waals surface area (Å²) in [7, 11) is 0. The molecule has 0 aromatic carbocycles. The minimum absolute atomic E-state index is 0.00398. The first kappa shape index (κ1) is 18.0. The Bertz CT molecular complexity index is 389. The standard InChI is InChI=1S/C12H18O8/c1-2-3-4-5-9(15)20-10(16)7-12(19,11(17)18)6-8(13)14/h19H,2-7H2,1H3,(H,13,14)(H,17,18). The summed E-state index contributed by atoms with van der Waals surface area (Å²) in [6, 6.07) is 0. The van der Waals surface area contributed by atoms with E-state index in [9.17, 15) is 24.3 Å². The Hall–Kier alpha value is -1.96. The molecule has 0 fully saturated rings. The first-order valence-corrected chi connectivity index (χ1v) is 6.12. The summed E-state index contributed by atoms with van der Waals surface area (Å²) in [5, 5.41) is 26.8. The second kappa shape index (κ2) is 8.26. The lowest BCUT2D eigenvalue weighted by Gasteiger charge is -2.19. The maximum Gasteiger partial charge on any atom is 0.336 e. The highest BCUT2D eigenvalue weighted by atomic mass is 16.6. The lowest BCUT2D eigenvalue weighted by Crippen LogP contribution is -2.43. The van der Waals surface area contributed by atoms with Crippen molar-refractivity contribution >= 4 is 23.9 Å². The summed E-state index contributed by atoms with van der Waals surface area (Å²) in [5.41, 5.74) is -2.79. The zero-order valence-electron chi connectivity index (χ0n) is 11.1. The molecule has 1 unspecified atom stereocenters. The van der Waals surface area contributed by atoms with E-state index in [1.165, 1.54) is 0 Å². The zero-order valence-corrected chi connectivity index (χ0v) is 11.1. The largest absolute Gasteiger partial charge is 0.481 e. The number of hydrogen-bond donors (Lipinski definition) is 3. The van der Waals surface area contributed by atoms with E-state index < -0.39 is 42.3 Å². The van der Waals surface area contributed by atoms with Crippen LogP contribution in [0.4, 0.5) is 0 Å². The maximum atomic E-state index is 11.3. The monoisotopic (exact) mass is 290 g/mol. The van der Waals surface area contributed by atoms with Gasteiger partial charge >= 0.3 is 23.9 Å². The molecule has 0 amide bonds. The minimum Gasteiger partial charge on any atom is -0.481 e. The highest BCUT2D eigenvalue weighted by Crippen LogP contribution is 2.17. The fourth-order valence-corrected chi connectivity index (χ4v) is 1.44. The molecule has 0 saturated heterocycles. The van der Waals surface area contributed by atoms with Gasteiger partial charge < -0.3 is 20.1 Å². The molecule has 114 valence electrons. The van der Waals surface area contributed by atoms with Crippen LogP contribution >= 0.6 is 0 Å². The number of aliphatic carboxylic acids is 2. The van der Waals surface area contributed by atoms with Crippen LogP contribution in [-0.4, -0.2) is 44.8 Å². The summed E-state index contributed by atoms with van der Waals surface area (Å²) >= 11 is 0. The van der Waals surface area contributed by atoms with Gasteiger partial charge in [-0.2, -0.15) is 0 Å². The minimum atomic E-state index is -2.79. The van der Waals surface area contributed by atoms with Gasteiger partial charge in [0.15, 0.2) is 5.60 Å². The van der Waals surface area contributed by atoms with Crippen molar-refractivity contribution < 1.29 is 39.2 Å². The van der Waals surface area contributed by atoms with Crippen LogP contribution in [0.25, 0.3) is 0 Å². The quantitative estimate of drug-likeness (QED) is 0.313. The van der Waals surface area contributed by atoms with Crippen LogP contribution in [0, 0.1) is 0 Å². The van der Waals surface area contributed by atoms with Crippen molar-refractivity contribution in [3.05, 3.63) is 0 Å². The van der Waals surface area contributed by atoms with Crippen LogP contribution in [0.1, 0.15) is 45.4 Å². The second-order valence-electron chi connectivity index (χ2n) is 4.39. The third-order valence-electron chi connectivity index (χ3n) is 2.49. The Labute approximate surface area is 115 Å². The summed E-state index contributed by atoms with van der Waals surface area (Å²) in [5.74, 6) is -5.54. The Morgan fingerprint density at radius 1 is 1.00 bits per heavy atom. The SMILES string of the molecule is CCCCCC(=O)OC(=O)CC(O)(CC(=O)O)C(=O)O. The molecule has 0 radical (unpaired) electrons. The van der Waals surface area contributed by atoms with E-state index in [0.717, 1.165) is 12.8 Å². The summed E-state index contributed by atoms with van der Waals surface area (Å²) in [6.07, 6.45) is -0.0828. The lowest BCUT2D eigenvalue weighted by atomic mass is 9.96. The smallest absolute Gasteiger partial charge is 0.336 e. The van der Waals surface area contributed by atoms with Crippen LogP contribution in [0.2, 0.25) is 0 Å². The van der Waals surface area contributed by atoms with Crippen LogP contribution in [0.5, 0.6) is 0 Å². The van der Waals surface area contributed by atoms with Crippen LogP contribution in [0.15, 0.2) is 0 Å². The van der Waals surface area contributed by atoms with E-state index in [4.69, 9.17) is 10.2 Å². The van der Waals surface area contributed by atoms with Crippen molar-refractivity contribution in [3.63, 3.8) is 0 Å². The maximum absolute atomic E-state index is 11.3. The zero-order chi connectivity index (χ0) is 15.8. The molecule has 8 nitrogen and oxygen atoms in total. The molecule has 0 rings (SSSR count). The number of carboxylic acid groups (broad SMARTS) is 2. The van der Waals surface area contributed by atoms with Crippen LogP contribution in [0.3, 0.4) is 0 Å². The van der Waals surface area contributed by atoms with E-state index in [0.29, 0.717) is 6.42 Å². The Balaban J connectivity index is 4.44. The second-order valence-corrected chi connectivity index (χ2v) is 4.39. The molecule has 0 aliphatic carbocycles. The molecular weight excluding hydrogens is 272 g/mol. The summed E-state index contributed by atoms with van der Waals surface area (Å²) < 4.78 is 4.33. The van der Waals surface area contributed by atoms with Gasteiger partial charge in [0.1, 0.15) is 0 Å². The predicted octanol–water partition coefficient (Wildman–Crippen LogP) is 0.317. The summed E-state index contributed by atoms with van der Waals surface area (Å²) in [4.78, 5) is 43.8. The number of esters is 2. The number of rotatable bonds is 9. The molecular formula is C12H18O8. The molecule has 0 aliphatic heterocycles. The number of aliphatic hydroxyl groups is 1. The van der Waals surface area contributed by atoms with Gasteiger partial charge in [-0.1, -0.05) is 19.8 Å². The molecule has 1 atom stereocenters.